The number of allylic oxidation sites excluding steroid dienone is 17. The molecule has 0 aromatic rings. The van der Waals surface area contributed by atoms with E-state index in [9.17, 15) is 35.1 Å². The number of unbranched alkanes of at least 4 members (excludes halogenated alkanes) is 34. The van der Waals surface area contributed by atoms with Crippen molar-refractivity contribution in [3.8, 4) is 0 Å². The number of esters is 1. The molecule has 11 heteroatoms. The van der Waals surface area contributed by atoms with Gasteiger partial charge in [0.15, 0.2) is 12.4 Å². The first-order chi connectivity index (χ1) is 44.7. The van der Waals surface area contributed by atoms with Crippen LogP contribution in [0, 0.1) is 0 Å². The maximum atomic E-state index is 13.5. The minimum Gasteiger partial charge on any atom is -0.454 e. The number of carbonyl (C=O) groups is 2. The molecule has 1 rings (SSSR count). The molecule has 524 valence electrons. The summed E-state index contributed by atoms with van der Waals surface area (Å²) in [6.07, 6.45) is 81.3. The largest absolute Gasteiger partial charge is 0.454 e. The van der Waals surface area contributed by atoms with Crippen molar-refractivity contribution < 1.29 is 49.3 Å². The third-order valence-corrected chi connectivity index (χ3v) is 17.2. The average Bonchev–Trinajstić information content (AvgIpc) is 1.13. The first-order valence-corrected chi connectivity index (χ1v) is 37.7. The first-order valence-electron chi connectivity index (χ1n) is 37.7. The van der Waals surface area contributed by atoms with Crippen LogP contribution in [0.5, 0.6) is 0 Å². The fraction of sp³-hybridized carbons (Fsp3) is 0.750. The minimum absolute atomic E-state index is 0.102. The van der Waals surface area contributed by atoms with Gasteiger partial charge in [-0.05, 0) is 109 Å². The van der Waals surface area contributed by atoms with Gasteiger partial charge in [-0.2, -0.15) is 0 Å². The first kappa shape index (κ1) is 85.3. The third kappa shape index (κ3) is 53.3. The van der Waals surface area contributed by atoms with Gasteiger partial charge in [-0.15, -0.1) is 0 Å². The Morgan fingerprint density at radius 2 is 0.791 bits per heavy atom. The maximum absolute atomic E-state index is 13.5. The second-order valence-electron chi connectivity index (χ2n) is 25.6. The van der Waals surface area contributed by atoms with Gasteiger partial charge < -0.3 is 45.1 Å². The van der Waals surface area contributed by atoms with Crippen molar-refractivity contribution in [3.63, 3.8) is 0 Å². The maximum Gasteiger partial charge on any atom is 0.306 e. The molecule has 0 spiro atoms. The quantitative estimate of drug-likeness (QED) is 0.0195. The Morgan fingerprint density at radius 1 is 0.440 bits per heavy atom. The molecule has 1 aliphatic rings. The van der Waals surface area contributed by atoms with Crippen molar-refractivity contribution in [1.82, 2.24) is 5.32 Å². The topological polar surface area (TPSA) is 175 Å². The number of aliphatic hydroxyl groups is 5. The molecule has 1 fully saturated rings. The predicted octanol–water partition coefficient (Wildman–Crippen LogP) is 20.0. The summed E-state index contributed by atoms with van der Waals surface area (Å²) in [6, 6.07) is -1.03. The Kier molecular flexibility index (Phi) is 62.2. The number of aliphatic hydroxyl groups excluding tert-OH is 5. The van der Waals surface area contributed by atoms with Crippen LogP contribution in [0.15, 0.2) is 109 Å². The van der Waals surface area contributed by atoms with Crippen molar-refractivity contribution >= 4 is 11.9 Å². The highest BCUT2D eigenvalue weighted by molar-refractivity contribution is 5.80. The lowest BCUT2D eigenvalue weighted by Crippen LogP contribution is -2.61. The van der Waals surface area contributed by atoms with Crippen LogP contribution in [-0.2, 0) is 23.8 Å². The van der Waals surface area contributed by atoms with E-state index in [4.69, 9.17) is 14.2 Å². The lowest BCUT2D eigenvalue weighted by Gasteiger charge is -2.41. The van der Waals surface area contributed by atoms with Crippen LogP contribution in [0.1, 0.15) is 323 Å². The molecule has 0 saturated carbocycles. The number of ether oxygens (including phenoxy) is 3. The Morgan fingerprint density at radius 3 is 1.21 bits per heavy atom. The van der Waals surface area contributed by atoms with Gasteiger partial charge in [0.25, 0.3) is 0 Å². The van der Waals surface area contributed by atoms with Crippen LogP contribution in [-0.4, -0.2) is 99.6 Å². The van der Waals surface area contributed by atoms with E-state index in [1.165, 1.54) is 154 Å². The van der Waals surface area contributed by atoms with E-state index >= 15 is 0 Å². The molecule has 1 amide bonds. The molecular weight excluding hydrogens is 1130 g/mol. The summed E-state index contributed by atoms with van der Waals surface area (Å²) < 4.78 is 17.7. The van der Waals surface area contributed by atoms with Gasteiger partial charge in [-0.3, -0.25) is 9.59 Å². The fourth-order valence-corrected chi connectivity index (χ4v) is 11.3. The summed E-state index contributed by atoms with van der Waals surface area (Å²) >= 11 is 0. The SMILES string of the molecule is CC/C=C\C/C=C\C/C=C\C/C=C\C/C=C\C/C=C\CCCCCCCCC(=O)OC1C(OCC(NC(=O)C(O)CCCCCCCCCCCCCCCCCC/C=C\C/C=C\CCCCC)C(O)/C=C/CCCCCCCCCCC)OC(CO)C(O)C1O. The van der Waals surface area contributed by atoms with Crippen molar-refractivity contribution in [3.05, 3.63) is 109 Å². The molecule has 1 saturated heterocycles. The molecule has 0 bridgehead atoms. The lowest BCUT2D eigenvalue weighted by atomic mass is 9.99. The normalized spacial score (nSPS) is 18.6. The highest BCUT2D eigenvalue weighted by atomic mass is 16.7. The molecule has 1 heterocycles. The molecule has 8 atom stereocenters. The summed E-state index contributed by atoms with van der Waals surface area (Å²) in [5, 5.41) is 57.3. The summed E-state index contributed by atoms with van der Waals surface area (Å²) in [6.45, 7) is 5.67. The Bertz CT molecular complexity index is 1900. The predicted molar refractivity (Wildman–Crippen MR) is 384 cm³/mol. The van der Waals surface area contributed by atoms with Crippen LogP contribution < -0.4 is 5.32 Å². The van der Waals surface area contributed by atoms with Crippen molar-refractivity contribution in [2.45, 2.75) is 372 Å². The van der Waals surface area contributed by atoms with Crippen molar-refractivity contribution in [1.29, 1.82) is 0 Å². The summed E-state index contributed by atoms with van der Waals surface area (Å²) in [5.41, 5.74) is 0. The van der Waals surface area contributed by atoms with E-state index in [1.54, 1.807) is 6.08 Å². The van der Waals surface area contributed by atoms with Crippen molar-refractivity contribution in [2.24, 2.45) is 0 Å². The van der Waals surface area contributed by atoms with Gasteiger partial charge in [0.1, 0.15) is 24.4 Å². The summed E-state index contributed by atoms with van der Waals surface area (Å²) in [4.78, 5) is 26.7. The minimum atomic E-state index is -1.63. The molecule has 0 aromatic carbocycles. The van der Waals surface area contributed by atoms with Crippen LogP contribution in [0.4, 0.5) is 0 Å². The van der Waals surface area contributed by atoms with Gasteiger partial charge in [0.05, 0.1) is 25.4 Å². The third-order valence-electron chi connectivity index (χ3n) is 17.2. The Balaban J connectivity index is 2.53. The standard InChI is InChI=1S/C80H139NO10/c1-4-7-10-13-16-19-22-24-26-28-30-32-34-36-38-39-41-43-45-47-49-52-55-58-61-64-67-73(84)79(88)81-71(72(83)66-63-60-57-54-51-21-18-15-12-9-6-3)70-89-80-78(77(87)76(86)74(69-82)90-80)91-75(85)68-65-62-59-56-53-50-48-46-44-42-40-37-35-33-31-29-27-25-23-20-17-14-11-8-5-2/h8,11,16-17,19-20,24-27,31,33,37,40,44,46,63,66,71-74,76-78,80,82-84,86-87H,4-7,9-10,12-15,18,21-23,28-30,32,34-36,38-39,41-43,45,47-62,64-65,67-70H2,1-3H3,(H,81,88)/b11-8-,19-16-,20-17-,26-24-,27-25-,33-31-,40-37-,46-44-,66-63+. The zero-order valence-corrected chi connectivity index (χ0v) is 58.4. The molecule has 0 aromatic heterocycles. The molecule has 8 unspecified atom stereocenters. The van der Waals surface area contributed by atoms with Gasteiger partial charge in [0, 0.05) is 6.42 Å². The fourth-order valence-electron chi connectivity index (χ4n) is 11.3. The monoisotopic (exact) mass is 1270 g/mol. The zero-order chi connectivity index (χ0) is 66.0. The molecule has 11 nitrogen and oxygen atoms in total. The number of hydrogen-bond acceptors (Lipinski definition) is 10. The summed E-state index contributed by atoms with van der Waals surface area (Å²) in [7, 11) is 0. The van der Waals surface area contributed by atoms with Crippen LogP contribution >= 0.6 is 0 Å². The lowest BCUT2D eigenvalue weighted by molar-refractivity contribution is -0.305. The number of nitrogens with one attached hydrogen (secondary N) is 1. The summed E-state index contributed by atoms with van der Waals surface area (Å²) in [5.74, 6) is -1.21. The van der Waals surface area contributed by atoms with E-state index in [1.807, 2.05) is 6.08 Å². The van der Waals surface area contributed by atoms with Crippen molar-refractivity contribution in [2.75, 3.05) is 13.2 Å². The zero-order valence-electron chi connectivity index (χ0n) is 58.4. The molecule has 0 radical (unpaired) electrons. The number of hydrogen-bond donors (Lipinski definition) is 6. The van der Waals surface area contributed by atoms with Crippen LogP contribution in [0.25, 0.3) is 0 Å². The Hall–Kier alpha value is -3.68. The van der Waals surface area contributed by atoms with E-state index in [0.29, 0.717) is 12.8 Å². The van der Waals surface area contributed by atoms with Crippen LogP contribution in [0.3, 0.4) is 0 Å². The molecular formula is C80H139NO10. The van der Waals surface area contributed by atoms with E-state index in [-0.39, 0.29) is 19.4 Å². The highest BCUT2D eigenvalue weighted by Gasteiger charge is 2.47. The van der Waals surface area contributed by atoms with Gasteiger partial charge in [0.2, 0.25) is 5.91 Å². The molecule has 1 aliphatic heterocycles. The number of amides is 1. The molecule has 6 N–H and O–H groups in total. The Labute approximate surface area is 558 Å². The molecule has 0 aliphatic carbocycles. The molecule has 91 heavy (non-hydrogen) atoms. The number of carbonyl (C=O) groups excluding carboxylic acids is 2. The van der Waals surface area contributed by atoms with Gasteiger partial charge >= 0.3 is 5.97 Å². The van der Waals surface area contributed by atoms with E-state index < -0.39 is 67.4 Å². The smallest absolute Gasteiger partial charge is 0.306 e. The van der Waals surface area contributed by atoms with E-state index in [2.05, 4.69) is 123 Å². The highest BCUT2D eigenvalue weighted by Crippen LogP contribution is 2.26. The van der Waals surface area contributed by atoms with Crippen LogP contribution in [0.2, 0.25) is 0 Å². The number of rotatable bonds is 64. The van der Waals surface area contributed by atoms with Gasteiger partial charge in [-0.25, -0.2) is 0 Å². The second kappa shape index (κ2) is 66.3. The van der Waals surface area contributed by atoms with E-state index in [0.717, 1.165) is 122 Å². The van der Waals surface area contributed by atoms with Gasteiger partial charge in [-0.1, -0.05) is 316 Å². The second-order valence-corrected chi connectivity index (χ2v) is 25.6. The average molecular weight is 1270 g/mol.